The summed E-state index contributed by atoms with van der Waals surface area (Å²) in [6.45, 7) is 0.678. The number of hydrogen-bond donors (Lipinski definition) is 4. The molecule has 0 radical (unpaired) electrons. The number of nitrogens with two attached hydrogens (primary N) is 1. The van der Waals surface area contributed by atoms with Crippen molar-refractivity contribution in [1.29, 1.82) is 0 Å². The molecule has 0 aliphatic heterocycles. The van der Waals surface area contributed by atoms with Gasteiger partial charge in [0.05, 0.1) is 19.8 Å². The van der Waals surface area contributed by atoms with Crippen molar-refractivity contribution in [3.8, 4) is 0 Å². The quantitative estimate of drug-likeness (QED) is 0.484. The Kier molecular flexibility index (Phi) is 3.35. The maximum absolute atomic E-state index is 11.5. The van der Waals surface area contributed by atoms with Crippen LogP contribution in [0.1, 0.15) is 5.82 Å². The van der Waals surface area contributed by atoms with Crippen LogP contribution in [0, 0.1) is 0 Å². The van der Waals surface area contributed by atoms with Gasteiger partial charge >= 0.3 is 0 Å². The average molecular weight is 239 g/mol. The maximum Gasteiger partial charge on any atom is 0.278 e. The van der Waals surface area contributed by atoms with Gasteiger partial charge in [0, 0.05) is 6.42 Å². The fourth-order valence-corrected chi connectivity index (χ4v) is 1.43. The number of H-pyrrole nitrogens is 2. The molecular formula is C9H13N5O3. The van der Waals surface area contributed by atoms with Crippen LogP contribution in [-0.2, 0) is 11.2 Å². The molecule has 92 valence electrons. The topological polar surface area (TPSA) is 130 Å². The maximum atomic E-state index is 11.5. The molecule has 0 saturated heterocycles. The van der Waals surface area contributed by atoms with Gasteiger partial charge in [-0.05, 0) is 0 Å². The molecule has 0 aliphatic rings. The second-order valence-electron chi connectivity index (χ2n) is 3.42. The van der Waals surface area contributed by atoms with Gasteiger partial charge < -0.3 is 20.6 Å². The predicted octanol–water partition coefficient (Wildman–Crippen LogP) is -1.22. The lowest BCUT2D eigenvalue weighted by Gasteiger charge is -1.98. The summed E-state index contributed by atoms with van der Waals surface area (Å²) in [5, 5.41) is 8.53. The second-order valence-corrected chi connectivity index (χ2v) is 3.42. The molecule has 0 unspecified atom stereocenters. The predicted molar refractivity (Wildman–Crippen MR) is 60.5 cm³/mol. The number of aromatic nitrogens is 4. The van der Waals surface area contributed by atoms with E-state index in [0.717, 1.165) is 0 Å². The molecule has 2 aromatic rings. The molecule has 0 aromatic carbocycles. The van der Waals surface area contributed by atoms with E-state index in [-0.39, 0.29) is 24.7 Å². The first-order chi connectivity index (χ1) is 8.20. The molecule has 0 saturated carbocycles. The summed E-state index contributed by atoms with van der Waals surface area (Å²) in [7, 11) is 0. The third-order valence-electron chi connectivity index (χ3n) is 2.15. The number of hydrogen-bond acceptors (Lipinski definition) is 6. The highest BCUT2D eigenvalue weighted by atomic mass is 16.5. The van der Waals surface area contributed by atoms with E-state index < -0.39 is 0 Å². The Morgan fingerprint density at radius 2 is 2.12 bits per heavy atom. The van der Waals surface area contributed by atoms with E-state index in [2.05, 4.69) is 19.9 Å². The van der Waals surface area contributed by atoms with Gasteiger partial charge in [-0.1, -0.05) is 0 Å². The number of aromatic amines is 2. The normalized spacial score (nSPS) is 11.1. The molecule has 0 bridgehead atoms. The lowest BCUT2D eigenvalue weighted by Crippen LogP contribution is -2.10. The first-order valence-corrected chi connectivity index (χ1v) is 5.13. The number of nitrogens with one attached hydrogen (secondary N) is 2. The summed E-state index contributed by atoms with van der Waals surface area (Å²) in [5.41, 5.74) is 5.65. The zero-order valence-corrected chi connectivity index (χ0v) is 9.06. The Bertz CT molecular complexity index is 561. The Morgan fingerprint density at radius 1 is 1.29 bits per heavy atom. The first-order valence-electron chi connectivity index (χ1n) is 5.13. The molecule has 8 heteroatoms. The van der Waals surface area contributed by atoms with Crippen LogP contribution < -0.4 is 11.3 Å². The van der Waals surface area contributed by atoms with Crippen LogP contribution in [0.15, 0.2) is 4.79 Å². The third-order valence-corrected chi connectivity index (χ3v) is 2.15. The number of nitrogens with zero attached hydrogens (tertiary/aromatic N) is 2. The lowest BCUT2D eigenvalue weighted by atomic mass is 10.4. The van der Waals surface area contributed by atoms with E-state index in [1.807, 2.05) is 0 Å². The van der Waals surface area contributed by atoms with Crippen molar-refractivity contribution < 1.29 is 9.84 Å². The monoisotopic (exact) mass is 239 g/mol. The van der Waals surface area contributed by atoms with Gasteiger partial charge in [-0.3, -0.25) is 9.78 Å². The molecule has 2 rings (SSSR count). The zero-order valence-electron chi connectivity index (χ0n) is 9.06. The number of ether oxygens (including phenoxy) is 1. The summed E-state index contributed by atoms with van der Waals surface area (Å²) in [5.74, 6) is 0.638. The van der Waals surface area contributed by atoms with Gasteiger partial charge in [0.2, 0.25) is 5.95 Å². The highest BCUT2D eigenvalue weighted by molar-refractivity contribution is 5.70. The van der Waals surface area contributed by atoms with Crippen LogP contribution in [0.3, 0.4) is 0 Å². The molecule has 2 heterocycles. The molecular weight excluding hydrogens is 226 g/mol. The van der Waals surface area contributed by atoms with Gasteiger partial charge in [0.25, 0.3) is 5.56 Å². The van der Waals surface area contributed by atoms with E-state index in [9.17, 15) is 4.79 Å². The molecule has 0 aliphatic carbocycles. The molecule has 17 heavy (non-hydrogen) atoms. The minimum Gasteiger partial charge on any atom is -0.394 e. The Balaban J connectivity index is 2.15. The van der Waals surface area contributed by atoms with Crippen molar-refractivity contribution in [1.82, 2.24) is 19.9 Å². The van der Waals surface area contributed by atoms with Gasteiger partial charge in [-0.2, -0.15) is 4.98 Å². The second kappa shape index (κ2) is 4.93. The van der Waals surface area contributed by atoms with Crippen molar-refractivity contribution in [2.45, 2.75) is 6.42 Å². The van der Waals surface area contributed by atoms with E-state index in [1.165, 1.54) is 0 Å². The number of nitrogen functional groups attached to an aromatic ring is 1. The Labute approximate surface area is 95.9 Å². The van der Waals surface area contributed by atoms with Crippen LogP contribution in [-0.4, -0.2) is 44.9 Å². The Hall–Kier alpha value is -1.93. The molecule has 8 nitrogen and oxygen atoms in total. The lowest BCUT2D eigenvalue weighted by molar-refractivity contribution is 0.0937. The molecule has 2 aromatic heterocycles. The Morgan fingerprint density at radius 3 is 2.88 bits per heavy atom. The number of aliphatic hydroxyl groups excluding tert-OH is 1. The third kappa shape index (κ3) is 2.60. The van der Waals surface area contributed by atoms with Gasteiger partial charge in [0.15, 0.2) is 11.2 Å². The molecule has 0 fully saturated rings. The summed E-state index contributed by atoms with van der Waals surface area (Å²) in [6, 6.07) is 0. The number of anilines is 1. The largest absolute Gasteiger partial charge is 0.394 e. The van der Waals surface area contributed by atoms with E-state index in [4.69, 9.17) is 15.6 Å². The van der Waals surface area contributed by atoms with Gasteiger partial charge in [-0.25, -0.2) is 4.98 Å². The van der Waals surface area contributed by atoms with Crippen molar-refractivity contribution >= 4 is 17.1 Å². The van der Waals surface area contributed by atoms with E-state index in [0.29, 0.717) is 30.0 Å². The van der Waals surface area contributed by atoms with Crippen LogP contribution in [0.25, 0.3) is 11.2 Å². The van der Waals surface area contributed by atoms with E-state index in [1.54, 1.807) is 0 Å². The van der Waals surface area contributed by atoms with Crippen LogP contribution in [0.5, 0.6) is 0 Å². The zero-order chi connectivity index (χ0) is 12.3. The average Bonchev–Trinajstić information content (AvgIpc) is 2.67. The van der Waals surface area contributed by atoms with Crippen molar-refractivity contribution in [3.63, 3.8) is 0 Å². The minimum absolute atomic E-state index is 0.0160. The van der Waals surface area contributed by atoms with Crippen molar-refractivity contribution in [2.75, 3.05) is 25.6 Å². The summed E-state index contributed by atoms with van der Waals surface area (Å²) in [4.78, 5) is 24.7. The first kappa shape index (κ1) is 11.6. The van der Waals surface area contributed by atoms with Gasteiger partial charge in [0.1, 0.15) is 5.82 Å². The summed E-state index contributed by atoms with van der Waals surface area (Å²) < 4.78 is 5.10. The minimum atomic E-state index is -0.345. The molecule has 0 amide bonds. The summed E-state index contributed by atoms with van der Waals surface area (Å²) in [6.07, 6.45) is 0.510. The van der Waals surface area contributed by atoms with Gasteiger partial charge in [-0.15, -0.1) is 0 Å². The fraction of sp³-hybridized carbons (Fsp3) is 0.444. The molecule has 0 spiro atoms. The van der Waals surface area contributed by atoms with E-state index >= 15 is 0 Å². The molecule has 0 atom stereocenters. The standard InChI is InChI=1S/C9H13N5O3/c10-9-13-7-6(8(16)14-9)11-5(12-7)1-3-17-4-2-15/h15H,1-4H2,(H4,10,11,12,13,14,16). The summed E-state index contributed by atoms with van der Waals surface area (Å²) >= 11 is 0. The highest BCUT2D eigenvalue weighted by Crippen LogP contribution is 2.05. The molecule has 5 N–H and O–H groups in total. The number of fused-ring (bicyclic) bond motifs is 1. The number of imidazole rings is 1. The number of rotatable bonds is 5. The smallest absolute Gasteiger partial charge is 0.278 e. The van der Waals surface area contributed by atoms with Crippen molar-refractivity contribution in [3.05, 3.63) is 16.2 Å². The highest BCUT2D eigenvalue weighted by Gasteiger charge is 2.08. The van der Waals surface area contributed by atoms with Crippen LogP contribution in [0.2, 0.25) is 0 Å². The SMILES string of the molecule is Nc1nc2nc(CCOCCO)[nH]c2c(=O)[nH]1. The van der Waals surface area contributed by atoms with Crippen LogP contribution in [0.4, 0.5) is 5.95 Å². The van der Waals surface area contributed by atoms with Crippen LogP contribution >= 0.6 is 0 Å². The number of aliphatic hydroxyl groups is 1. The van der Waals surface area contributed by atoms with Crippen molar-refractivity contribution in [2.24, 2.45) is 0 Å². The fourth-order valence-electron chi connectivity index (χ4n) is 1.43.